The Hall–Kier alpha value is -2.28. The van der Waals surface area contributed by atoms with Gasteiger partial charge in [0.25, 0.3) is 5.91 Å². The lowest BCUT2D eigenvalue weighted by atomic mass is 9.51. The largest absolute Gasteiger partial charge is 0.378 e. The average Bonchev–Trinajstić information content (AvgIpc) is 3.06. The van der Waals surface area contributed by atoms with E-state index in [0.717, 1.165) is 25.9 Å². The van der Waals surface area contributed by atoms with Crippen molar-refractivity contribution >= 4 is 5.91 Å². The van der Waals surface area contributed by atoms with Crippen LogP contribution in [0.1, 0.15) is 43.0 Å². The zero-order valence-corrected chi connectivity index (χ0v) is 13.7. The fourth-order valence-electron chi connectivity index (χ4n) is 4.01. The summed E-state index contributed by atoms with van der Waals surface area (Å²) in [6.07, 6.45) is 6.17. The van der Waals surface area contributed by atoms with E-state index in [1.54, 1.807) is 6.07 Å². The Kier molecular flexibility index (Phi) is 3.80. The van der Waals surface area contributed by atoms with Gasteiger partial charge in [-0.05, 0) is 48.7 Å². The minimum Gasteiger partial charge on any atom is -0.378 e. The molecular formula is C17H21N5O2. The Morgan fingerprint density at radius 1 is 1.42 bits per heavy atom. The molecular weight excluding hydrogens is 306 g/mol. The molecule has 7 nitrogen and oxygen atoms in total. The lowest BCUT2D eigenvalue weighted by Gasteiger charge is -2.61. The highest BCUT2D eigenvalue weighted by molar-refractivity contribution is 5.98. The number of benzene rings is 1. The Morgan fingerprint density at radius 2 is 2.25 bits per heavy atom. The number of nitrogens with one attached hydrogen (secondary N) is 1. The molecule has 2 saturated carbocycles. The lowest BCUT2D eigenvalue weighted by molar-refractivity contribution is -0.169. The molecule has 2 fully saturated rings. The maximum Gasteiger partial charge on any atom is 0.253 e. The molecule has 0 unspecified atom stereocenters. The van der Waals surface area contributed by atoms with Crippen LogP contribution >= 0.6 is 0 Å². The molecule has 2 aliphatic carbocycles. The van der Waals surface area contributed by atoms with E-state index in [-0.39, 0.29) is 23.5 Å². The number of ether oxygens (including phenoxy) is 1. The van der Waals surface area contributed by atoms with Crippen molar-refractivity contribution in [3.8, 4) is 5.69 Å². The van der Waals surface area contributed by atoms with E-state index < -0.39 is 0 Å². The third-order valence-electron chi connectivity index (χ3n) is 5.49. The van der Waals surface area contributed by atoms with Gasteiger partial charge >= 0.3 is 0 Å². The van der Waals surface area contributed by atoms with Crippen LogP contribution in [-0.4, -0.2) is 44.9 Å². The van der Waals surface area contributed by atoms with Gasteiger partial charge in [0.2, 0.25) is 0 Å². The number of nitrogens with zero attached hydrogens (tertiary/aromatic N) is 4. The minimum absolute atomic E-state index is 0.0766. The van der Waals surface area contributed by atoms with E-state index in [4.69, 9.17) is 4.74 Å². The predicted octanol–water partition coefficient (Wildman–Crippen LogP) is 1.74. The monoisotopic (exact) mass is 327 g/mol. The van der Waals surface area contributed by atoms with Gasteiger partial charge in [-0.3, -0.25) is 4.79 Å². The first-order chi connectivity index (χ1) is 11.7. The molecule has 2 atom stereocenters. The molecule has 4 rings (SSSR count). The number of para-hydroxylation sites is 1. The first kappa shape index (κ1) is 15.3. The van der Waals surface area contributed by atoms with Crippen molar-refractivity contribution in [3.63, 3.8) is 0 Å². The quantitative estimate of drug-likeness (QED) is 0.904. The van der Waals surface area contributed by atoms with Gasteiger partial charge in [0.15, 0.2) is 0 Å². The molecule has 2 aromatic rings. The number of carbonyl (C=O) groups excluding carboxylic acids is 1. The van der Waals surface area contributed by atoms with Crippen LogP contribution < -0.4 is 5.32 Å². The maximum absolute atomic E-state index is 12.8. The first-order valence-corrected chi connectivity index (χ1v) is 8.49. The summed E-state index contributed by atoms with van der Waals surface area (Å²) in [6, 6.07) is 7.56. The third kappa shape index (κ3) is 2.31. The minimum atomic E-state index is -0.0766. The second-order valence-corrected chi connectivity index (χ2v) is 6.56. The Morgan fingerprint density at radius 3 is 2.92 bits per heavy atom. The van der Waals surface area contributed by atoms with E-state index in [0.29, 0.717) is 11.3 Å². The van der Waals surface area contributed by atoms with Gasteiger partial charge in [-0.1, -0.05) is 18.6 Å². The molecule has 1 amide bonds. The van der Waals surface area contributed by atoms with Crippen LogP contribution in [0.4, 0.5) is 0 Å². The summed E-state index contributed by atoms with van der Waals surface area (Å²) >= 11 is 0. The summed E-state index contributed by atoms with van der Waals surface area (Å²) in [4.78, 5) is 12.8. The summed E-state index contributed by atoms with van der Waals surface area (Å²) in [5.41, 5.74) is 1.41. The van der Waals surface area contributed by atoms with E-state index in [1.165, 1.54) is 17.4 Å². The Labute approximate surface area is 140 Å². The Balaban J connectivity index is 1.52. The summed E-state index contributed by atoms with van der Waals surface area (Å²) in [5, 5.41) is 14.4. The second kappa shape index (κ2) is 5.98. The van der Waals surface area contributed by atoms with Gasteiger partial charge in [-0.25, -0.2) is 0 Å². The van der Waals surface area contributed by atoms with Gasteiger partial charge in [0.1, 0.15) is 6.33 Å². The second-order valence-electron chi connectivity index (χ2n) is 6.56. The van der Waals surface area contributed by atoms with E-state index in [1.807, 2.05) is 25.1 Å². The number of carbonyl (C=O) groups is 1. The summed E-state index contributed by atoms with van der Waals surface area (Å²) < 4.78 is 7.37. The van der Waals surface area contributed by atoms with Crippen LogP contribution in [0.3, 0.4) is 0 Å². The van der Waals surface area contributed by atoms with Crippen molar-refractivity contribution < 1.29 is 9.53 Å². The highest BCUT2D eigenvalue weighted by atomic mass is 16.5. The molecule has 7 heteroatoms. The van der Waals surface area contributed by atoms with Crippen molar-refractivity contribution in [2.45, 2.75) is 44.8 Å². The zero-order chi connectivity index (χ0) is 16.6. The average molecular weight is 327 g/mol. The molecule has 0 bridgehead atoms. The van der Waals surface area contributed by atoms with Crippen molar-refractivity contribution in [1.82, 2.24) is 25.5 Å². The first-order valence-electron chi connectivity index (χ1n) is 8.49. The van der Waals surface area contributed by atoms with Crippen LogP contribution in [0.2, 0.25) is 0 Å². The zero-order valence-electron chi connectivity index (χ0n) is 13.7. The standard InChI is InChI=1S/C17H21N5O2/c1-2-24-15-10-14(17(15)8-5-9-17)19-16(23)12-6-3-4-7-13(12)22-11-18-20-21-22/h3-4,6-7,11,14-15H,2,5,8-10H2,1H3,(H,19,23)/t14-,15-/m0/s1. The maximum atomic E-state index is 12.8. The lowest BCUT2D eigenvalue weighted by Crippen LogP contribution is -2.67. The number of hydrogen-bond donors (Lipinski definition) is 1. The fourth-order valence-corrected chi connectivity index (χ4v) is 4.01. The summed E-state index contributed by atoms with van der Waals surface area (Å²) in [7, 11) is 0. The third-order valence-corrected chi connectivity index (χ3v) is 5.49. The molecule has 0 radical (unpaired) electrons. The molecule has 1 aromatic heterocycles. The normalized spacial score (nSPS) is 24.2. The fraction of sp³-hybridized carbons (Fsp3) is 0.529. The predicted molar refractivity (Wildman–Crippen MR) is 86.7 cm³/mol. The smallest absolute Gasteiger partial charge is 0.253 e. The van der Waals surface area contributed by atoms with Gasteiger partial charge in [0.05, 0.1) is 17.4 Å². The van der Waals surface area contributed by atoms with Gasteiger partial charge in [-0.15, -0.1) is 5.10 Å². The van der Waals surface area contributed by atoms with Gasteiger partial charge < -0.3 is 10.1 Å². The number of aromatic nitrogens is 4. The molecule has 126 valence electrons. The van der Waals surface area contributed by atoms with E-state index >= 15 is 0 Å². The number of amides is 1. The van der Waals surface area contributed by atoms with Gasteiger partial charge in [-0.2, -0.15) is 4.68 Å². The van der Waals surface area contributed by atoms with E-state index in [9.17, 15) is 4.79 Å². The highest BCUT2D eigenvalue weighted by Crippen LogP contribution is 2.57. The molecule has 2 aliphatic rings. The molecule has 1 aromatic carbocycles. The van der Waals surface area contributed by atoms with Crippen LogP contribution in [0.15, 0.2) is 30.6 Å². The van der Waals surface area contributed by atoms with E-state index in [2.05, 4.69) is 20.8 Å². The van der Waals surface area contributed by atoms with Crippen LogP contribution in [0.25, 0.3) is 5.69 Å². The van der Waals surface area contributed by atoms with Crippen LogP contribution in [0, 0.1) is 5.41 Å². The highest BCUT2D eigenvalue weighted by Gasteiger charge is 2.59. The molecule has 1 spiro atoms. The SMILES string of the molecule is CCO[C@H]1C[C@H](NC(=O)c2ccccc2-n2cnnn2)C12CCC2. The number of rotatable bonds is 5. The molecule has 1 heterocycles. The molecule has 0 saturated heterocycles. The Bertz CT molecular complexity index is 726. The topological polar surface area (TPSA) is 81.9 Å². The van der Waals surface area contributed by atoms with Crippen molar-refractivity contribution in [1.29, 1.82) is 0 Å². The van der Waals surface area contributed by atoms with Crippen LogP contribution in [-0.2, 0) is 4.74 Å². The molecule has 24 heavy (non-hydrogen) atoms. The number of hydrogen-bond acceptors (Lipinski definition) is 5. The van der Waals surface area contributed by atoms with Crippen molar-refractivity contribution in [3.05, 3.63) is 36.2 Å². The van der Waals surface area contributed by atoms with Crippen molar-refractivity contribution in [2.24, 2.45) is 5.41 Å². The van der Waals surface area contributed by atoms with Crippen LogP contribution in [0.5, 0.6) is 0 Å². The molecule has 1 N–H and O–H groups in total. The summed E-state index contributed by atoms with van der Waals surface area (Å²) in [6.45, 7) is 2.76. The van der Waals surface area contributed by atoms with Crippen molar-refractivity contribution in [2.75, 3.05) is 6.61 Å². The summed E-state index contributed by atoms with van der Waals surface area (Å²) in [5.74, 6) is -0.0766. The number of tetrazole rings is 1. The van der Waals surface area contributed by atoms with Gasteiger partial charge in [0, 0.05) is 18.1 Å². The molecule has 0 aliphatic heterocycles.